The molecule has 25 heavy (non-hydrogen) atoms. The number of nitrogens with zero attached hydrogens (tertiary/aromatic N) is 2. The molecule has 0 bridgehead atoms. The van der Waals surface area contributed by atoms with E-state index in [0.29, 0.717) is 17.9 Å². The molecule has 2 rings (SSSR count). The lowest BCUT2D eigenvalue weighted by Crippen LogP contribution is -2.16. The van der Waals surface area contributed by atoms with Crippen LogP contribution in [0.25, 0.3) is 0 Å². The van der Waals surface area contributed by atoms with Gasteiger partial charge in [-0.05, 0) is 32.9 Å². The normalized spacial score (nSPS) is 12.0. The molecule has 0 amide bonds. The molecule has 7 nitrogen and oxygen atoms in total. The van der Waals surface area contributed by atoms with Gasteiger partial charge in [0.15, 0.2) is 6.61 Å². The molecule has 134 valence electrons. The summed E-state index contributed by atoms with van der Waals surface area (Å²) in [5, 5.41) is 10.8. The zero-order valence-electron chi connectivity index (χ0n) is 14.8. The Hall–Kier alpha value is -2.67. The monoisotopic (exact) mass is 346 g/mol. The van der Waals surface area contributed by atoms with Crippen LogP contribution < -0.4 is 4.74 Å². The average Bonchev–Trinajstić information content (AvgIpc) is 2.87. The summed E-state index contributed by atoms with van der Waals surface area (Å²) >= 11 is 0. The molecule has 0 saturated heterocycles. The van der Waals surface area contributed by atoms with Gasteiger partial charge in [-0.15, -0.1) is 0 Å². The smallest absolute Gasteiger partial charge is 0.273 e. The van der Waals surface area contributed by atoms with E-state index in [-0.39, 0.29) is 24.1 Å². The quantitative estimate of drug-likeness (QED) is 0.415. The molecular formula is C18H22N2O5. The zero-order valence-corrected chi connectivity index (χ0v) is 14.8. The van der Waals surface area contributed by atoms with Crippen LogP contribution in [-0.4, -0.2) is 35.6 Å². The Balaban J connectivity index is 2.13. The molecule has 0 spiro atoms. The maximum atomic E-state index is 12.5. The van der Waals surface area contributed by atoms with Gasteiger partial charge in [0.25, 0.3) is 5.69 Å². The molecule has 1 unspecified atom stereocenters. The maximum absolute atomic E-state index is 12.5. The fourth-order valence-corrected chi connectivity index (χ4v) is 2.97. The third-order valence-electron chi connectivity index (χ3n) is 4.03. The minimum Gasteiger partial charge on any atom is -0.485 e. The third-order valence-corrected chi connectivity index (χ3v) is 4.03. The summed E-state index contributed by atoms with van der Waals surface area (Å²) in [6, 6.07) is 7.74. The molecule has 1 heterocycles. The van der Waals surface area contributed by atoms with Crippen molar-refractivity contribution >= 4 is 11.5 Å². The number of rotatable bonds is 8. The van der Waals surface area contributed by atoms with Crippen molar-refractivity contribution < 1.29 is 19.2 Å². The number of hydrogen-bond donors (Lipinski definition) is 0. The average molecular weight is 346 g/mol. The number of nitro benzene ring substituents is 1. The second-order valence-corrected chi connectivity index (χ2v) is 5.93. The highest BCUT2D eigenvalue weighted by atomic mass is 16.6. The van der Waals surface area contributed by atoms with Crippen LogP contribution in [0.3, 0.4) is 0 Å². The highest BCUT2D eigenvalue weighted by Gasteiger charge is 2.19. The highest BCUT2D eigenvalue weighted by molar-refractivity contribution is 5.98. The van der Waals surface area contributed by atoms with E-state index in [1.807, 2.05) is 26.8 Å². The number of non-ortho nitro benzene ring substituents is 1. The largest absolute Gasteiger partial charge is 0.485 e. The van der Waals surface area contributed by atoms with Crippen molar-refractivity contribution in [3.63, 3.8) is 0 Å². The molecule has 0 aliphatic heterocycles. The molecule has 1 aromatic heterocycles. The molecule has 0 aliphatic carbocycles. The molecule has 0 aliphatic rings. The van der Waals surface area contributed by atoms with Gasteiger partial charge < -0.3 is 14.0 Å². The van der Waals surface area contributed by atoms with Crippen LogP contribution >= 0.6 is 0 Å². The van der Waals surface area contributed by atoms with Gasteiger partial charge in [-0.25, -0.2) is 0 Å². The number of ether oxygens (including phenoxy) is 2. The van der Waals surface area contributed by atoms with Crippen LogP contribution in [0, 0.1) is 24.0 Å². The first-order valence-corrected chi connectivity index (χ1v) is 7.93. The Labute approximate surface area is 146 Å². The summed E-state index contributed by atoms with van der Waals surface area (Å²) in [5.74, 6) is 0.125. The molecule has 2 aromatic rings. The summed E-state index contributed by atoms with van der Waals surface area (Å²) < 4.78 is 12.7. The predicted octanol–water partition coefficient (Wildman–Crippen LogP) is 3.48. The number of ketones is 1. The van der Waals surface area contributed by atoms with Crippen LogP contribution in [0.1, 0.15) is 34.7 Å². The number of benzene rings is 1. The number of nitro groups is 1. The van der Waals surface area contributed by atoms with E-state index in [2.05, 4.69) is 4.57 Å². The van der Waals surface area contributed by atoms with E-state index in [0.717, 1.165) is 11.4 Å². The summed E-state index contributed by atoms with van der Waals surface area (Å²) in [7, 11) is 1.64. The van der Waals surface area contributed by atoms with Gasteiger partial charge in [-0.3, -0.25) is 14.9 Å². The number of methoxy groups -OCH3 is 1. The first-order chi connectivity index (χ1) is 11.8. The Morgan fingerprint density at radius 2 is 2.04 bits per heavy atom. The number of carbonyl (C=O) groups is 1. The van der Waals surface area contributed by atoms with Crippen LogP contribution in [0.2, 0.25) is 0 Å². The Bertz CT molecular complexity index is 782. The van der Waals surface area contributed by atoms with Gasteiger partial charge >= 0.3 is 0 Å². The summed E-state index contributed by atoms with van der Waals surface area (Å²) in [5.41, 5.74) is 2.35. The van der Waals surface area contributed by atoms with Gasteiger partial charge in [-0.1, -0.05) is 6.07 Å². The standard InChI is InChI=1S/C18H22N2O5/c1-12-8-17(14(3)19(12)13(2)10-24-4)18(21)11-25-16-7-5-6-15(9-16)20(22)23/h5-9,13H,10-11H2,1-4H3. The minimum absolute atomic E-state index is 0.0727. The van der Waals surface area contributed by atoms with Gasteiger partial charge in [0, 0.05) is 30.1 Å². The van der Waals surface area contributed by atoms with Crippen LogP contribution in [-0.2, 0) is 4.74 Å². The van der Waals surface area contributed by atoms with Crippen molar-refractivity contribution in [2.45, 2.75) is 26.8 Å². The lowest BCUT2D eigenvalue weighted by atomic mass is 10.1. The Kier molecular flexibility index (Phi) is 5.93. The lowest BCUT2D eigenvalue weighted by Gasteiger charge is -2.17. The zero-order chi connectivity index (χ0) is 18.6. The van der Waals surface area contributed by atoms with Crippen molar-refractivity contribution in [3.8, 4) is 5.75 Å². The van der Waals surface area contributed by atoms with E-state index < -0.39 is 4.92 Å². The number of aromatic nitrogens is 1. The topological polar surface area (TPSA) is 83.6 Å². The van der Waals surface area contributed by atoms with Crippen molar-refractivity contribution in [3.05, 3.63) is 57.4 Å². The van der Waals surface area contributed by atoms with Gasteiger partial charge in [0.1, 0.15) is 5.75 Å². The van der Waals surface area contributed by atoms with Crippen molar-refractivity contribution in [1.82, 2.24) is 4.57 Å². The number of hydrogen-bond acceptors (Lipinski definition) is 5. The van der Waals surface area contributed by atoms with E-state index in [9.17, 15) is 14.9 Å². The fraction of sp³-hybridized carbons (Fsp3) is 0.389. The van der Waals surface area contributed by atoms with Crippen LogP contribution in [0.15, 0.2) is 30.3 Å². The number of carbonyl (C=O) groups excluding carboxylic acids is 1. The van der Waals surface area contributed by atoms with Gasteiger partial charge in [0.2, 0.25) is 5.78 Å². The van der Waals surface area contributed by atoms with E-state index in [1.54, 1.807) is 13.2 Å². The minimum atomic E-state index is -0.501. The fourth-order valence-electron chi connectivity index (χ4n) is 2.97. The first-order valence-electron chi connectivity index (χ1n) is 7.93. The molecule has 7 heteroatoms. The Morgan fingerprint density at radius 1 is 1.32 bits per heavy atom. The van der Waals surface area contributed by atoms with Gasteiger partial charge in [0.05, 0.1) is 23.6 Å². The Morgan fingerprint density at radius 3 is 2.68 bits per heavy atom. The molecular weight excluding hydrogens is 324 g/mol. The second kappa shape index (κ2) is 7.94. The molecule has 1 aromatic carbocycles. The van der Waals surface area contributed by atoms with Crippen molar-refractivity contribution in [2.24, 2.45) is 0 Å². The SMILES string of the molecule is COCC(C)n1c(C)cc(C(=O)COc2cccc([N+](=O)[O-])c2)c1C. The number of aryl methyl sites for hydroxylation is 1. The van der Waals surface area contributed by atoms with Crippen LogP contribution in [0.4, 0.5) is 5.69 Å². The molecule has 0 N–H and O–H groups in total. The third kappa shape index (κ3) is 4.24. The van der Waals surface area contributed by atoms with E-state index in [1.165, 1.54) is 18.2 Å². The lowest BCUT2D eigenvalue weighted by molar-refractivity contribution is -0.384. The van der Waals surface area contributed by atoms with Crippen molar-refractivity contribution in [1.29, 1.82) is 0 Å². The number of Topliss-reactive ketones (excluding diaryl/α,β-unsaturated/α-hetero) is 1. The summed E-state index contributed by atoms with van der Waals surface area (Å²) in [4.78, 5) is 22.8. The second-order valence-electron chi connectivity index (χ2n) is 5.93. The van der Waals surface area contributed by atoms with Crippen molar-refractivity contribution in [2.75, 3.05) is 20.3 Å². The molecule has 0 radical (unpaired) electrons. The molecule has 0 fully saturated rings. The van der Waals surface area contributed by atoms with E-state index >= 15 is 0 Å². The highest BCUT2D eigenvalue weighted by Crippen LogP contribution is 2.22. The maximum Gasteiger partial charge on any atom is 0.273 e. The van der Waals surface area contributed by atoms with E-state index in [4.69, 9.17) is 9.47 Å². The molecule has 0 saturated carbocycles. The predicted molar refractivity (Wildman–Crippen MR) is 93.4 cm³/mol. The first kappa shape index (κ1) is 18.7. The molecule has 1 atom stereocenters. The summed E-state index contributed by atoms with van der Waals surface area (Å²) in [6.07, 6.45) is 0. The van der Waals surface area contributed by atoms with Gasteiger partial charge in [-0.2, -0.15) is 0 Å². The van der Waals surface area contributed by atoms with Crippen LogP contribution in [0.5, 0.6) is 5.75 Å². The summed E-state index contributed by atoms with van der Waals surface area (Å²) in [6.45, 7) is 6.23.